The summed E-state index contributed by atoms with van der Waals surface area (Å²) in [7, 11) is 0. The van der Waals surface area contributed by atoms with Gasteiger partial charge in [0.25, 0.3) is 5.91 Å². The van der Waals surface area contributed by atoms with Gasteiger partial charge in [-0.2, -0.15) is 10.1 Å². The summed E-state index contributed by atoms with van der Waals surface area (Å²) in [6.45, 7) is 2.51. The smallest absolute Gasteiger partial charge is 0.266 e. The normalized spacial score (nSPS) is 17.8. The van der Waals surface area contributed by atoms with E-state index in [9.17, 15) is 4.79 Å². The van der Waals surface area contributed by atoms with Gasteiger partial charge in [-0.25, -0.2) is 4.99 Å². The summed E-state index contributed by atoms with van der Waals surface area (Å²) in [4.78, 5) is 15.7. The van der Waals surface area contributed by atoms with Crippen molar-refractivity contribution in [1.82, 2.24) is 0 Å². The zero-order chi connectivity index (χ0) is 16.2. The van der Waals surface area contributed by atoms with Crippen molar-refractivity contribution < 1.29 is 9.79 Å². The summed E-state index contributed by atoms with van der Waals surface area (Å²) < 4.78 is 0. The van der Waals surface area contributed by atoms with Crippen LogP contribution in [0.25, 0.3) is 0 Å². The molecule has 0 aromatic heterocycles. The molecule has 1 atom stereocenters. The van der Waals surface area contributed by atoms with E-state index in [1.807, 2.05) is 61.5 Å². The van der Waals surface area contributed by atoms with Crippen molar-refractivity contribution in [3.63, 3.8) is 0 Å². The maximum atomic E-state index is 12.5. The van der Waals surface area contributed by atoms with E-state index in [4.69, 9.17) is 11.6 Å². The zero-order valence-corrected chi connectivity index (χ0v) is 13.5. The average molecular weight is 327 g/mol. The van der Waals surface area contributed by atoms with E-state index in [0.717, 1.165) is 17.0 Å². The average Bonchev–Trinajstić information content (AvgIpc) is 2.85. The lowest BCUT2D eigenvalue weighted by Gasteiger charge is -2.11. The SMILES string of the molecule is CC1=NN(c2ccccc2)C(=O)[C@@H]1C=[NH+]Cc1ccc(Cl)cc1. The fraction of sp³-hybridized carbons (Fsp3) is 0.167. The first-order valence-corrected chi connectivity index (χ1v) is 7.78. The molecule has 4 nitrogen and oxygen atoms in total. The van der Waals surface area contributed by atoms with Crippen LogP contribution in [0.2, 0.25) is 5.02 Å². The summed E-state index contributed by atoms with van der Waals surface area (Å²) in [5.41, 5.74) is 2.67. The van der Waals surface area contributed by atoms with Gasteiger partial charge in [0.1, 0.15) is 0 Å². The quantitative estimate of drug-likeness (QED) is 0.859. The van der Waals surface area contributed by atoms with Crippen molar-refractivity contribution in [1.29, 1.82) is 0 Å². The van der Waals surface area contributed by atoms with Crippen LogP contribution in [0.4, 0.5) is 5.69 Å². The molecule has 2 aromatic carbocycles. The molecule has 116 valence electrons. The topological polar surface area (TPSA) is 46.6 Å². The Morgan fingerprint density at radius 3 is 2.57 bits per heavy atom. The van der Waals surface area contributed by atoms with E-state index >= 15 is 0 Å². The number of carbonyl (C=O) groups excluding carboxylic acids is 1. The van der Waals surface area contributed by atoms with Crippen molar-refractivity contribution in [2.75, 3.05) is 5.01 Å². The second-order valence-corrected chi connectivity index (χ2v) is 5.82. The third-order valence-corrected chi connectivity index (χ3v) is 3.94. The molecule has 0 saturated carbocycles. The van der Waals surface area contributed by atoms with E-state index in [1.54, 1.807) is 6.21 Å². The standard InChI is InChI=1S/C18H16ClN3O/c1-13-17(12-20-11-14-7-9-15(19)10-8-14)18(23)22(21-13)16-5-3-2-4-6-16/h2-10,12,17H,11H2,1H3/p+1/t17-/m1/s1. The molecule has 0 spiro atoms. The number of halogens is 1. The van der Waals surface area contributed by atoms with Crippen LogP contribution < -0.4 is 10.0 Å². The van der Waals surface area contributed by atoms with Crippen molar-refractivity contribution in [2.45, 2.75) is 13.5 Å². The molecule has 2 aromatic rings. The first kappa shape index (κ1) is 15.4. The number of carbonyl (C=O) groups is 1. The molecule has 0 radical (unpaired) electrons. The Morgan fingerprint density at radius 1 is 1.17 bits per heavy atom. The van der Waals surface area contributed by atoms with Crippen molar-refractivity contribution in [2.24, 2.45) is 11.0 Å². The molecular weight excluding hydrogens is 310 g/mol. The van der Waals surface area contributed by atoms with Gasteiger partial charge >= 0.3 is 0 Å². The Morgan fingerprint density at radius 2 is 1.87 bits per heavy atom. The van der Waals surface area contributed by atoms with Crippen LogP contribution >= 0.6 is 11.6 Å². The third-order valence-electron chi connectivity index (χ3n) is 3.69. The zero-order valence-electron chi connectivity index (χ0n) is 12.7. The lowest BCUT2D eigenvalue weighted by molar-refractivity contribution is -0.471. The Labute approximate surface area is 140 Å². The van der Waals surface area contributed by atoms with Crippen LogP contribution in [-0.4, -0.2) is 17.8 Å². The first-order chi connectivity index (χ1) is 11.1. The molecule has 0 bridgehead atoms. The van der Waals surface area contributed by atoms with Gasteiger partial charge in [0, 0.05) is 10.6 Å². The van der Waals surface area contributed by atoms with Crippen LogP contribution in [0, 0.1) is 5.92 Å². The Balaban J connectivity index is 1.69. The molecule has 1 N–H and O–H groups in total. The molecule has 0 fully saturated rings. The second-order valence-electron chi connectivity index (χ2n) is 5.38. The van der Waals surface area contributed by atoms with E-state index in [-0.39, 0.29) is 11.8 Å². The number of benzene rings is 2. The maximum absolute atomic E-state index is 12.5. The fourth-order valence-electron chi connectivity index (χ4n) is 2.42. The molecule has 0 unspecified atom stereocenters. The van der Waals surface area contributed by atoms with E-state index in [1.165, 1.54) is 5.01 Å². The van der Waals surface area contributed by atoms with Gasteiger partial charge in [-0.3, -0.25) is 4.79 Å². The molecule has 1 heterocycles. The van der Waals surface area contributed by atoms with Crippen molar-refractivity contribution >= 4 is 35.1 Å². The van der Waals surface area contributed by atoms with Gasteiger partial charge in [0.2, 0.25) is 0 Å². The highest BCUT2D eigenvalue weighted by atomic mass is 35.5. The van der Waals surface area contributed by atoms with Gasteiger partial charge in [-0.15, -0.1) is 0 Å². The summed E-state index contributed by atoms with van der Waals surface area (Å²) in [6, 6.07) is 17.1. The Hall–Kier alpha value is -2.46. The highest BCUT2D eigenvalue weighted by molar-refractivity contribution is 6.30. The highest BCUT2D eigenvalue weighted by Gasteiger charge is 2.35. The highest BCUT2D eigenvalue weighted by Crippen LogP contribution is 2.22. The minimum absolute atomic E-state index is 0.0442. The lowest BCUT2D eigenvalue weighted by atomic mass is 10.1. The first-order valence-electron chi connectivity index (χ1n) is 7.40. The number of anilines is 1. The van der Waals surface area contributed by atoms with Gasteiger partial charge in [-0.05, 0) is 31.2 Å². The molecule has 0 aliphatic carbocycles. The summed E-state index contributed by atoms with van der Waals surface area (Å²) >= 11 is 5.87. The predicted molar refractivity (Wildman–Crippen MR) is 92.7 cm³/mol. The number of nitrogens with zero attached hydrogens (tertiary/aromatic N) is 2. The molecule has 3 rings (SSSR count). The van der Waals surface area contributed by atoms with Crippen LogP contribution in [0.5, 0.6) is 0 Å². The van der Waals surface area contributed by atoms with Crippen LogP contribution in [0.3, 0.4) is 0 Å². The molecule has 1 amide bonds. The number of hydrazone groups is 1. The van der Waals surface area contributed by atoms with Gasteiger partial charge in [0.05, 0.1) is 11.4 Å². The van der Waals surface area contributed by atoms with Gasteiger partial charge < -0.3 is 0 Å². The number of para-hydroxylation sites is 1. The minimum atomic E-state index is -0.345. The molecule has 5 heteroatoms. The molecule has 1 aliphatic rings. The molecular formula is C18H17ClN3O+. The Kier molecular flexibility index (Phi) is 4.53. The van der Waals surface area contributed by atoms with Crippen molar-refractivity contribution in [3.05, 3.63) is 65.2 Å². The van der Waals surface area contributed by atoms with Gasteiger partial charge in [-0.1, -0.05) is 41.9 Å². The Bertz CT molecular complexity index is 754. The monoisotopic (exact) mass is 326 g/mol. The lowest BCUT2D eigenvalue weighted by Crippen LogP contribution is -2.68. The number of hydrogen-bond acceptors (Lipinski definition) is 2. The molecule has 23 heavy (non-hydrogen) atoms. The van der Waals surface area contributed by atoms with Gasteiger partial charge in [0.15, 0.2) is 18.7 Å². The summed E-state index contributed by atoms with van der Waals surface area (Å²) in [5, 5.41) is 6.54. The number of rotatable bonds is 4. The maximum Gasteiger partial charge on any atom is 0.266 e. The van der Waals surface area contributed by atoms with Crippen LogP contribution in [-0.2, 0) is 11.3 Å². The molecule has 0 saturated heterocycles. The number of hydrogen-bond donors (Lipinski definition) is 1. The fourth-order valence-corrected chi connectivity index (χ4v) is 2.55. The summed E-state index contributed by atoms with van der Waals surface area (Å²) in [6.07, 6.45) is 1.80. The molecule has 1 aliphatic heterocycles. The third kappa shape index (κ3) is 3.48. The van der Waals surface area contributed by atoms with Crippen molar-refractivity contribution in [3.8, 4) is 0 Å². The second kappa shape index (κ2) is 6.75. The van der Waals surface area contributed by atoms with E-state index < -0.39 is 0 Å². The largest absolute Gasteiger partial charge is 0.271 e. The van der Waals surface area contributed by atoms with E-state index in [2.05, 4.69) is 10.1 Å². The summed E-state index contributed by atoms with van der Waals surface area (Å²) in [5.74, 6) is -0.389. The minimum Gasteiger partial charge on any atom is -0.271 e. The van der Waals surface area contributed by atoms with Crippen LogP contribution in [0.15, 0.2) is 59.7 Å². The van der Waals surface area contributed by atoms with Crippen LogP contribution in [0.1, 0.15) is 12.5 Å². The predicted octanol–water partition coefficient (Wildman–Crippen LogP) is 2.03. The number of nitrogens with one attached hydrogen (secondary N) is 1. The van der Waals surface area contributed by atoms with E-state index in [0.29, 0.717) is 11.6 Å². The number of amides is 1.